The summed E-state index contributed by atoms with van der Waals surface area (Å²) < 4.78 is 16.8. The van der Waals surface area contributed by atoms with Crippen molar-refractivity contribution in [3.8, 4) is 0 Å². The third-order valence-corrected chi connectivity index (χ3v) is 11.5. The van der Waals surface area contributed by atoms with Gasteiger partial charge in [-0.25, -0.2) is 0 Å². The second-order valence-electron chi connectivity index (χ2n) is 18.3. The fraction of sp³-hybridized carbons (Fsp3) is 0.940. The van der Waals surface area contributed by atoms with Gasteiger partial charge in [0.1, 0.15) is 13.2 Å². The lowest BCUT2D eigenvalue weighted by atomic mass is 9.99. The van der Waals surface area contributed by atoms with E-state index in [1.54, 1.807) is 0 Å². The summed E-state index contributed by atoms with van der Waals surface area (Å²) in [6.45, 7) is 13.7. The van der Waals surface area contributed by atoms with E-state index in [0.29, 0.717) is 19.3 Å². The van der Waals surface area contributed by atoms with E-state index < -0.39 is 6.10 Å². The summed E-state index contributed by atoms with van der Waals surface area (Å²) in [6, 6.07) is 0. The first-order chi connectivity index (χ1) is 27.1. The number of carbonyl (C=O) groups excluding carboxylic acids is 3. The molecule has 56 heavy (non-hydrogen) atoms. The lowest BCUT2D eigenvalue weighted by Gasteiger charge is -2.18. The normalized spacial score (nSPS) is 12.6. The summed E-state index contributed by atoms with van der Waals surface area (Å²) in [5.41, 5.74) is 0. The lowest BCUT2D eigenvalue weighted by molar-refractivity contribution is -0.167. The predicted octanol–water partition coefficient (Wildman–Crippen LogP) is 15.6. The fourth-order valence-electron chi connectivity index (χ4n) is 7.38. The number of rotatable bonds is 43. The van der Waals surface area contributed by atoms with Crippen LogP contribution in [-0.4, -0.2) is 37.2 Å². The average molecular weight is 793 g/mol. The molecule has 2 atom stereocenters. The van der Waals surface area contributed by atoms with Crippen molar-refractivity contribution in [3.05, 3.63) is 0 Å². The first-order valence-corrected chi connectivity index (χ1v) is 24.6. The van der Waals surface area contributed by atoms with Gasteiger partial charge in [0.15, 0.2) is 6.10 Å². The number of carbonyl (C=O) groups is 3. The number of unbranched alkanes of at least 4 members (excludes halogenated alkanes) is 25. The molecule has 0 saturated heterocycles. The van der Waals surface area contributed by atoms with Crippen LogP contribution in [-0.2, 0) is 28.6 Å². The van der Waals surface area contributed by atoms with Crippen LogP contribution in [0.5, 0.6) is 0 Å². The minimum absolute atomic E-state index is 0.0656. The predicted molar refractivity (Wildman–Crippen MR) is 238 cm³/mol. The molecule has 0 saturated carbocycles. The van der Waals surface area contributed by atoms with Crippen LogP contribution in [0, 0.1) is 17.8 Å². The zero-order valence-corrected chi connectivity index (χ0v) is 38.4. The molecule has 0 aliphatic rings. The second-order valence-corrected chi connectivity index (χ2v) is 18.3. The smallest absolute Gasteiger partial charge is 0.306 e. The molecule has 0 fully saturated rings. The summed E-state index contributed by atoms with van der Waals surface area (Å²) in [5.74, 6) is 1.63. The van der Waals surface area contributed by atoms with E-state index in [1.165, 1.54) is 148 Å². The molecule has 0 radical (unpaired) electrons. The van der Waals surface area contributed by atoms with Crippen LogP contribution in [0.25, 0.3) is 0 Å². The fourth-order valence-corrected chi connectivity index (χ4v) is 7.38. The zero-order valence-electron chi connectivity index (χ0n) is 38.4. The highest BCUT2D eigenvalue weighted by atomic mass is 16.6. The molecule has 0 N–H and O–H groups in total. The summed E-state index contributed by atoms with van der Waals surface area (Å²) in [7, 11) is 0. The molecule has 0 aromatic heterocycles. The van der Waals surface area contributed by atoms with Gasteiger partial charge in [0, 0.05) is 19.3 Å². The minimum atomic E-state index is -0.762. The van der Waals surface area contributed by atoms with Gasteiger partial charge in [-0.05, 0) is 37.0 Å². The highest BCUT2D eigenvalue weighted by Crippen LogP contribution is 2.18. The Kier molecular flexibility index (Phi) is 40.4. The van der Waals surface area contributed by atoms with E-state index in [9.17, 15) is 14.4 Å². The summed E-state index contributed by atoms with van der Waals surface area (Å²) in [5, 5.41) is 0. The highest BCUT2D eigenvalue weighted by Gasteiger charge is 2.19. The summed E-state index contributed by atoms with van der Waals surface area (Å²) in [4.78, 5) is 37.8. The van der Waals surface area contributed by atoms with Crippen molar-refractivity contribution in [1.29, 1.82) is 0 Å². The molecule has 0 spiro atoms. The Morgan fingerprint density at radius 3 is 0.929 bits per heavy atom. The van der Waals surface area contributed by atoms with E-state index in [-0.39, 0.29) is 31.1 Å². The quantitative estimate of drug-likeness (QED) is 0.0348. The SMILES string of the molecule is CCC(C)CCCCCCCCCCCCC(=O)OC[C@@H](COC(=O)CCCCCCCCCCCC(C)C)OC(=O)CCCCCCCCCCCC(C)C. The van der Waals surface area contributed by atoms with Gasteiger partial charge in [-0.15, -0.1) is 0 Å². The zero-order chi connectivity index (χ0) is 41.3. The molecule has 1 unspecified atom stereocenters. The van der Waals surface area contributed by atoms with Gasteiger partial charge in [-0.2, -0.15) is 0 Å². The van der Waals surface area contributed by atoms with E-state index >= 15 is 0 Å². The molecule has 0 aliphatic carbocycles. The van der Waals surface area contributed by atoms with Crippen molar-refractivity contribution in [3.63, 3.8) is 0 Å². The molecule has 6 nitrogen and oxygen atoms in total. The van der Waals surface area contributed by atoms with Gasteiger partial charge < -0.3 is 14.2 Å². The molecule has 0 aromatic carbocycles. The first kappa shape index (κ1) is 54.4. The molecular weight excluding hydrogens is 697 g/mol. The maximum absolute atomic E-state index is 12.7. The van der Waals surface area contributed by atoms with Crippen molar-refractivity contribution in [2.45, 2.75) is 272 Å². The minimum Gasteiger partial charge on any atom is -0.462 e. The Hall–Kier alpha value is -1.59. The maximum atomic E-state index is 12.7. The number of hydrogen-bond acceptors (Lipinski definition) is 6. The van der Waals surface area contributed by atoms with E-state index in [1.807, 2.05) is 0 Å². The van der Waals surface area contributed by atoms with Crippen LogP contribution < -0.4 is 0 Å². The Balaban J connectivity index is 4.34. The van der Waals surface area contributed by atoms with Crippen LogP contribution in [0.3, 0.4) is 0 Å². The number of hydrogen-bond donors (Lipinski definition) is 0. The van der Waals surface area contributed by atoms with Crippen LogP contribution in [0.2, 0.25) is 0 Å². The van der Waals surface area contributed by atoms with Crippen LogP contribution in [0.15, 0.2) is 0 Å². The Morgan fingerprint density at radius 2 is 0.625 bits per heavy atom. The van der Waals surface area contributed by atoms with Gasteiger partial charge >= 0.3 is 17.9 Å². The molecule has 332 valence electrons. The van der Waals surface area contributed by atoms with E-state index in [4.69, 9.17) is 14.2 Å². The molecule has 0 heterocycles. The van der Waals surface area contributed by atoms with Gasteiger partial charge in [0.2, 0.25) is 0 Å². The van der Waals surface area contributed by atoms with E-state index in [0.717, 1.165) is 75.5 Å². The topological polar surface area (TPSA) is 78.9 Å². The molecular formula is C50H96O6. The molecule has 0 aliphatic heterocycles. The van der Waals surface area contributed by atoms with Crippen molar-refractivity contribution >= 4 is 17.9 Å². The van der Waals surface area contributed by atoms with E-state index in [2.05, 4.69) is 41.5 Å². The Labute approximate surface area is 348 Å². The van der Waals surface area contributed by atoms with Crippen molar-refractivity contribution in [2.24, 2.45) is 17.8 Å². The number of ether oxygens (including phenoxy) is 3. The molecule has 0 bridgehead atoms. The van der Waals surface area contributed by atoms with Crippen molar-refractivity contribution in [2.75, 3.05) is 13.2 Å². The highest BCUT2D eigenvalue weighted by molar-refractivity contribution is 5.71. The first-order valence-electron chi connectivity index (χ1n) is 24.6. The number of esters is 3. The summed E-state index contributed by atoms with van der Waals surface area (Å²) >= 11 is 0. The third-order valence-electron chi connectivity index (χ3n) is 11.5. The van der Waals surface area contributed by atoms with Crippen LogP contribution >= 0.6 is 0 Å². The van der Waals surface area contributed by atoms with Crippen LogP contribution in [0.1, 0.15) is 266 Å². The van der Waals surface area contributed by atoms with Gasteiger partial charge in [0.05, 0.1) is 0 Å². The average Bonchev–Trinajstić information content (AvgIpc) is 3.16. The lowest BCUT2D eigenvalue weighted by Crippen LogP contribution is -2.30. The second kappa shape index (κ2) is 41.6. The molecule has 6 heteroatoms. The standard InChI is InChI=1S/C50H96O6/c1-7-46(6)38-32-26-20-14-8-9-15-21-27-33-39-48(51)54-42-47(56-50(53)41-35-29-23-17-11-13-19-25-31-37-45(4)5)43-55-49(52)40-34-28-22-16-10-12-18-24-30-36-44(2)3/h44-47H,7-43H2,1-6H3/t46?,47-/m0/s1. The molecule has 0 amide bonds. The summed E-state index contributed by atoms with van der Waals surface area (Å²) in [6.07, 6.45) is 39.4. The largest absolute Gasteiger partial charge is 0.462 e. The maximum Gasteiger partial charge on any atom is 0.306 e. The van der Waals surface area contributed by atoms with Crippen molar-refractivity contribution < 1.29 is 28.6 Å². The third kappa shape index (κ3) is 42.0. The molecule has 0 rings (SSSR count). The van der Waals surface area contributed by atoms with Gasteiger partial charge in [0.25, 0.3) is 0 Å². The van der Waals surface area contributed by atoms with Crippen LogP contribution in [0.4, 0.5) is 0 Å². The Bertz CT molecular complexity index is 870. The Morgan fingerprint density at radius 1 is 0.357 bits per heavy atom. The van der Waals surface area contributed by atoms with Gasteiger partial charge in [-0.3, -0.25) is 14.4 Å². The molecule has 0 aromatic rings. The monoisotopic (exact) mass is 793 g/mol. The van der Waals surface area contributed by atoms with Gasteiger partial charge in [-0.1, -0.05) is 228 Å². The van der Waals surface area contributed by atoms with Crippen molar-refractivity contribution in [1.82, 2.24) is 0 Å².